The maximum atomic E-state index is 6.18. The Hall–Kier alpha value is -0.740. The molecule has 2 rings (SSSR count). The van der Waals surface area contributed by atoms with Crippen LogP contribution in [-0.4, -0.2) is 23.9 Å². The largest absolute Gasteiger partial charge is 0.493 e. The molecule has 0 saturated heterocycles. The van der Waals surface area contributed by atoms with Gasteiger partial charge in [0.2, 0.25) is 0 Å². The summed E-state index contributed by atoms with van der Waals surface area (Å²) in [6.07, 6.45) is 9.65. The van der Waals surface area contributed by atoms with Crippen LogP contribution in [0.1, 0.15) is 56.9 Å². The van der Waals surface area contributed by atoms with Crippen molar-refractivity contribution in [1.29, 1.82) is 0 Å². The molecule has 0 aliphatic carbocycles. The number of hydrogen-bond donors (Lipinski definition) is 0. The molecular weight excluding hydrogens is 468 g/mol. The van der Waals surface area contributed by atoms with Gasteiger partial charge >= 0.3 is 0 Å². The maximum Gasteiger partial charge on any atom is 0.130 e. The molecule has 0 N–H and O–H groups in total. The highest BCUT2D eigenvalue weighted by molar-refractivity contribution is 9.09. The van der Waals surface area contributed by atoms with Crippen LogP contribution in [0.25, 0.3) is 10.8 Å². The Balaban J connectivity index is 1.98. The number of halogens is 2. The highest BCUT2D eigenvalue weighted by Crippen LogP contribution is 2.36. The third kappa shape index (κ3) is 7.65. The van der Waals surface area contributed by atoms with Crippen LogP contribution < -0.4 is 9.47 Å². The minimum Gasteiger partial charge on any atom is -0.493 e. The van der Waals surface area contributed by atoms with Crippen LogP contribution in [0.5, 0.6) is 11.5 Å². The standard InChI is InChI=1S/C23H32Br2O2/c1-19-18-22(26-16-10-4-2-8-14-24)20-12-6-7-13-21(20)23(19)27-17-11-5-3-9-15-25/h6-7,12-13,18H,2-5,8-11,14-17H2,1H3. The van der Waals surface area contributed by atoms with E-state index in [1.54, 1.807) is 0 Å². The third-order valence-corrected chi connectivity index (χ3v) is 5.82. The number of ether oxygens (including phenoxy) is 2. The molecule has 0 radical (unpaired) electrons. The fraction of sp³-hybridized carbons (Fsp3) is 0.565. The lowest BCUT2D eigenvalue weighted by Crippen LogP contribution is -2.02. The van der Waals surface area contributed by atoms with Crippen molar-refractivity contribution < 1.29 is 9.47 Å². The van der Waals surface area contributed by atoms with Gasteiger partial charge in [0.25, 0.3) is 0 Å². The average molecular weight is 500 g/mol. The topological polar surface area (TPSA) is 18.5 Å². The summed E-state index contributed by atoms with van der Waals surface area (Å²) in [6, 6.07) is 10.6. The van der Waals surface area contributed by atoms with Crippen molar-refractivity contribution in [1.82, 2.24) is 0 Å². The molecule has 0 unspecified atom stereocenters. The molecule has 0 saturated carbocycles. The minimum absolute atomic E-state index is 0.777. The van der Waals surface area contributed by atoms with E-state index >= 15 is 0 Å². The van der Waals surface area contributed by atoms with Crippen LogP contribution in [0.4, 0.5) is 0 Å². The Kier molecular flexibility index (Phi) is 11.2. The summed E-state index contributed by atoms with van der Waals surface area (Å²) in [6.45, 7) is 3.68. The Morgan fingerprint density at radius 3 is 1.89 bits per heavy atom. The Morgan fingerprint density at radius 1 is 0.704 bits per heavy atom. The van der Waals surface area contributed by atoms with Crippen molar-refractivity contribution in [3.05, 3.63) is 35.9 Å². The van der Waals surface area contributed by atoms with Crippen molar-refractivity contribution in [2.45, 2.75) is 58.3 Å². The van der Waals surface area contributed by atoms with E-state index in [1.165, 1.54) is 38.5 Å². The molecule has 150 valence electrons. The van der Waals surface area contributed by atoms with Crippen LogP contribution >= 0.6 is 31.9 Å². The third-order valence-electron chi connectivity index (χ3n) is 4.70. The van der Waals surface area contributed by atoms with Gasteiger partial charge in [0.05, 0.1) is 13.2 Å². The Labute approximate surface area is 181 Å². The van der Waals surface area contributed by atoms with Gasteiger partial charge in [0.1, 0.15) is 11.5 Å². The van der Waals surface area contributed by atoms with E-state index in [-0.39, 0.29) is 0 Å². The van der Waals surface area contributed by atoms with Crippen molar-refractivity contribution >= 4 is 42.6 Å². The number of alkyl halides is 2. The molecule has 0 fully saturated rings. The summed E-state index contributed by atoms with van der Waals surface area (Å²) in [7, 11) is 0. The quantitative estimate of drug-likeness (QED) is 0.195. The van der Waals surface area contributed by atoms with Crippen molar-refractivity contribution in [3.63, 3.8) is 0 Å². The molecule has 0 aliphatic rings. The highest BCUT2D eigenvalue weighted by Gasteiger charge is 2.11. The second kappa shape index (κ2) is 13.4. The van der Waals surface area contributed by atoms with Gasteiger partial charge in [-0.2, -0.15) is 0 Å². The molecule has 0 heterocycles. The van der Waals surface area contributed by atoms with Crippen LogP contribution in [-0.2, 0) is 0 Å². The lowest BCUT2D eigenvalue weighted by Gasteiger charge is -2.16. The first-order chi connectivity index (χ1) is 13.3. The normalized spacial score (nSPS) is 11.1. The molecule has 27 heavy (non-hydrogen) atoms. The number of aryl methyl sites for hydroxylation is 1. The zero-order valence-electron chi connectivity index (χ0n) is 16.4. The molecule has 0 aliphatic heterocycles. The van der Waals surface area contributed by atoms with Gasteiger partial charge in [0.15, 0.2) is 0 Å². The van der Waals surface area contributed by atoms with Crippen molar-refractivity contribution in [3.8, 4) is 11.5 Å². The van der Waals surface area contributed by atoms with Gasteiger partial charge in [0, 0.05) is 21.4 Å². The van der Waals surface area contributed by atoms with Gasteiger partial charge in [-0.05, 0) is 44.2 Å². The molecule has 0 atom stereocenters. The molecule has 0 spiro atoms. The predicted molar refractivity (Wildman–Crippen MR) is 124 cm³/mol. The van der Waals surface area contributed by atoms with E-state index in [0.29, 0.717) is 0 Å². The lowest BCUT2D eigenvalue weighted by atomic mass is 10.0. The first kappa shape index (κ1) is 22.5. The smallest absolute Gasteiger partial charge is 0.130 e. The van der Waals surface area contributed by atoms with E-state index in [1.807, 2.05) is 0 Å². The Bertz CT molecular complexity index is 673. The second-order valence-electron chi connectivity index (χ2n) is 6.97. The fourth-order valence-electron chi connectivity index (χ4n) is 3.22. The molecule has 2 nitrogen and oxygen atoms in total. The molecule has 0 bridgehead atoms. The summed E-state index contributed by atoms with van der Waals surface area (Å²) in [5.41, 5.74) is 1.16. The van der Waals surface area contributed by atoms with Crippen molar-refractivity contribution in [2.75, 3.05) is 23.9 Å². The summed E-state index contributed by atoms with van der Waals surface area (Å²) in [5.74, 6) is 1.99. The summed E-state index contributed by atoms with van der Waals surface area (Å²) in [4.78, 5) is 0. The second-order valence-corrected chi connectivity index (χ2v) is 8.56. The first-order valence-electron chi connectivity index (χ1n) is 10.2. The van der Waals surface area contributed by atoms with E-state index in [0.717, 1.165) is 64.6 Å². The minimum atomic E-state index is 0.777. The van der Waals surface area contributed by atoms with E-state index in [4.69, 9.17) is 9.47 Å². The molecule has 0 amide bonds. The summed E-state index contributed by atoms with van der Waals surface area (Å²) in [5, 5.41) is 4.50. The van der Waals surface area contributed by atoms with Gasteiger partial charge < -0.3 is 9.47 Å². The van der Waals surface area contributed by atoms with E-state index < -0.39 is 0 Å². The molecular formula is C23H32Br2O2. The number of benzene rings is 2. The van der Waals surface area contributed by atoms with Gasteiger partial charge in [-0.3, -0.25) is 0 Å². The fourth-order valence-corrected chi connectivity index (χ4v) is 4.01. The number of hydrogen-bond acceptors (Lipinski definition) is 2. The molecule has 4 heteroatoms. The molecule has 2 aromatic carbocycles. The monoisotopic (exact) mass is 498 g/mol. The van der Waals surface area contributed by atoms with E-state index in [9.17, 15) is 0 Å². The zero-order chi connectivity index (χ0) is 19.3. The van der Waals surface area contributed by atoms with Crippen LogP contribution in [0.3, 0.4) is 0 Å². The number of unbranched alkanes of at least 4 members (excludes halogenated alkanes) is 6. The number of fused-ring (bicyclic) bond motifs is 1. The average Bonchev–Trinajstić information content (AvgIpc) is 2.69. The van der Waals surface area contributed by atoms with Gasteiger partial charge in [-0.15, -0.1) is 0 Å². The molecule has 0 aromatic heterocycles. The van der Waals surface area contributed by atoms with Gasteiger partial charge in [-0.25, -0.2) is 0 Å². The van der Waals surface area contributed by atoms with Crippen LogP contribution in [0.2, 0.25) is 0 Å². The summed E-state index contributed by atoms with van der Waals surface area (Å²) < 4.78 is 12.3. The zero-order valence-corrected chi connectivity index (χ0v) is 19.6. The lowest BCUT2D eigenvalue weighted by molar-refractivity contribution is 0.300. The maximum absolute atomic E-state index is 6.18. The highest BCUT2D eigenvalue weighted by atomic mass is 79.9. The van der Waals surface area contributed by atoms with Gasteiger partial charge in [-0.1, -0.05) is 81.8 Å². The number of rotatable bonds is 14. The summed E-state index contributed by atoms with van der Waals surface area (Å²) >= 11 is 6.97. The molecule has 2 aromatic rings. The SMILES string of the molecule is Cc1cc(OCCCCCCBr)c2ccccc2c1OCCCCCCBr. The first-order valence-corrected chi connectivity index (χ1v) is 12.4. The van der Waals surface area contributed by atoms with Crippen molar-refractivity contribution in [2.24, 2.45) is 0 Å². The predicted octanol–water partition coefficient (Wildman–Crippen LogP) is 7.82. The Morgan fingerprint density at radius 2 is 1.26 bits per heavy atom. The van der Waals surface area contributed by atoms with E-state index in [2.05, 4.69) is 69.1 Å². The van der Waals surface area contributed by atoms with Crippen LogP contribution in [0, 0.1) is 6.92 Å². The van der Waals surface area contributed by atoms with Crippen LogP contribution in [0.15, 0.2) is 30.3 Å².